The lowest BCUT2D eigenvalue weighted by Gasteiger charge is -2.25. The third-order valence-corrected chi connectivity index (χ3v) is 1.34. The quantitative estimate of drug-likeness (QED) is 0.570. The number of ether oxygens (including phenoxy) is 1. The molecule has 0 bridgehead atoms. The number of nitrogens with zero attached hydrogens (tertiary/aromatic N) is 1. The van der Waals surface area contributed by atoms with Crippen molar-refractivity contribution in [2.45, 2.75) is 0 Å². The predicted molar refractivity (Wildman–Crippen MR) is 35.4 cm³/mol. The molecule has 60 valence electrons. The smallest absolute Gasteiger partial charge is 0.0916 e. The third-order valence-electron chi connectivity index (χ3n) is 1.34. The summed E-state index contributed by atoms with van der Waals surface area (Å²) in [4.78, 5) is 5.14. The van der Waals surface area contributed by atoms with Crippen LogP contribution < -0.4 is 0 Å². The number of aliphatic hydroxyl groups excluding tert-OH is 1. The van der Waals surface area contributed by atoms with Crippen molar-refractivity contribution in [3.8, 4) is 0 Å². The van der Waals surface area contributed by atoms with Crippen molar-refractivity contribution in [1.29, 1.82) is 0 Å². The number of hydrogen-bond donors (Lipinski definition) is 1. The van der Waals surface area contributed by atoms with Gasteiger partial charge in [-0.1, -0.05) is 0 Å². The van der Waals surface area contributed by atoms with E-state index < -0.39 is 0 Å². The van der Waals surface area contributed by atoms with Crippen molar-refractivity contribution in [1.82, 2.24) is 5.06 Å². The average Bonchev–Trinajstić information content (AvgIpc) is 2.03. The molecule has 0 unspecified atom stereocenters. The van der Waals surface area contributed by atoms with Crippen LogP contribution in [0.15, 0.2) is 0 Å². The monoisotopic (exact) mass is 147 g/mol. The van der Waals surface area contributed by atoms with Gasteiger partial charge in [0, 0.05) is 13.1 Å². The van der Waals surface area contributed by atoms with E-state index in [1.54, 1.807) is 0 Å². The van der Waals surface area contributed by atoms with Crippen LogP contribution in [0.4, 0.5) is 0 Å². The van der Waals surface area contributed by atoms with Crippen LogP contribution in [0.3, 0.4) is 0 Å². The standard InChI is InChI=1S/C6H13NO3/c8-3-6-10-7-1-4-9-5-2-7/h8H,1-6H2. The fourth-order valence-corrected chi connectivity index (χ4v) is 0.846. The van der Waals surface area contributed by atoms with Crippen molar-refractivity contribution in [2.24, 2.45) is 0 Å². The second kappa shape index (κ2) is 4.62. The van der Waals surface area contributed by atoms with Crippen molar-refractivity contribution in [3.63, 3.8) is 0 Å². The molecule has 0 saturated carbocycles. The molecule has 0 aliphatic carbocycles. The molecule has 0 radical (unpaired) electrons. The van der Waals surface area contributed by atoms with Crippen LogP contribution >= 0.6 is 0 Å². The summed E-state index contributed by atoms with van der Waals surface area (Å²) in [5, 5.41) is 10.2. The van der Waals surface area contributed by atoms with Gasteiger partial charge in [0.15, 0.2) is 0 Å². The first kappa shape index (κ1) is 7.94. The number of aliphatic hydroxyl groups is 1. The molecule has 0 spiro atoms. The summed E-state index contributed by atoms with van der Waals surface area (Å²) in [6.07, 6.45) is 0. The minimum atomic E-state index is 0.0807. The number of hydroxylamine groups is 2. The summed E-state index contributed by atoms with van der Waals surface area (Å²) < 4.78 is 5.10. The average molecular weight is 147 g/mol. The van der Waals surface area contributed by atoms with Gasteiger partial charge in [0.1, 0.15) is 0 Å². The second-order valence-electron chi connectivity index (χ2n) is 2.10. The van der Waals surface area contributed by atoms with E-state index in [9.17, 15) is 0 Å². The van der Waals surface area contributed by atoms with Gasteiger partial charge in [-0.2, -0.15) is 5.06 Å². The third kappa shape index (κ3) is 2.62. The van der Waals surface area contributed by atoms with Gasteiger partial charge in [-0.15, -0.1) is 0 Å². The molecule has 1 fully saturated rings. The normalized spacial score (nSPS) is 21.3. The van der Waals surface area contributed by atoms with E-state index in [1.165, 1.54) is 0 Å². The van der Waals surface area contributed by atoms with Crippen LogP contribution in [0.5, 0.6) is 0 Å². The first-order valence-electron chi connectivity index (χ1n) is 3.50. The SMILES string of the molecule is OCCON1CCOCC1. The Labute approximate surface area is 60.3 Å². The Morgan fingerprint density at radius 2 is 2.10 bits per heavy atom. The Bertz CT molecular complexity index is 83.1. The molecular formula is C6H13NO3. The minimum Gasteiger partial charge on any atom is -0.394 e. The van der Waals surface area contributed by atoms with E-state index >= 15 is 0 Å². The van der Waals surface area contributed by atoms with Crippen LogP contribution in [0.25, 0.3) is 0 Å². The lowest BCUT2D eigenvalue weighted by molar-refractivity contribution is -0.198. The van der Waals surface area contributed by atoms with Crippen LogP contribution in [0.2, 0.25) is 0 Å². The Kier molecular flexibility index (Phi) is 3.67. The molecule has 4 heteroatoms. The molecule has 10 heavy (non-hydrogen) atoms. The summed E-state index contributed by atoms with van der Waals surface area (Å²) >= 11 is 0. The lowest BCUT2D eigenvalue weighted by atomic mass is 10.5. The summed E-state index contributed by atoms with van der Waals surface area (Å²) in [7, 11) is 0. The summed E-state index contributed by atoms with van der Waals surface area (Å²) in [5.41, 5.74) is 0. The molecule has 1 heterocycles. The van der Waals surface area contributed by atoms with Gasteiger partial charge >= 0.3 is 0 Å². The number of morpholine rings is 1. The van der Waals surface area contributed by atoms with E-state index in [2.05, 4.69) is 0 Å². The largest absolute Gasteiger partial charge is 0.394 e. The van der Waals surface area contributed by atoms with Gasteiger partial charge in [-0.3, -0.25) is 4.84 Å². The van der Waals surface area contributed by atoms with Crippen molar-refractivity contribution in [3.05, 3.63) is 0 Å². The number of hydrogen-bond acceptors (Lipinski definition) is 4. The zero-order valence-corrected chi connectivity index (χ0v) is 5.95. The van der Waals surface area contributed by atoms with E-state index in [1.807, 2.05) is 5.06 Å². The predicted octanol–water partition coefficient (Wildman–Crippen LogP) is -0.758. The highest BCUT2D eigenvalue weighted by molar-refractivity contribution is 4.50. The molecule has 1 N–H and O–H groups in total. The molecule has 1 aliphatic heterocycles. The van der Waals surface area contributed by atoms with Crippen molar-refractivity contribution >= 4 is 0 Å². The van der Waals surface area contributed by atoms with Crippen molar-refractivity contribution < 1.29 is 14.7 Å². The summed E-state index contributed by atoms with van der Waals surface area (Å²) in [5.74, 6) is 0. The lowest BCUT2D eigenvalue weighted by Crippen LogP contribution is -2.36. The molecular weight excluding hydrogens is 134 g/mol. The van der Waals surface area contributed by atoms with Crippen LogP contribution in [0.1, 0.15) is 0 Å². The van der Waals surface area contributed by atoms with Gasteiger partial charge in [0.25, 0.3) is 0 Å². The summed E-state index contributed by atoms with van der Waals surface area (Å²) in [6.45, 7) is 3.54. The molecule has 1 aliphatic rings. The first-order valence-corrected chi connectivity index (χ1v) is 3.50. The zero-order chi connectivity index (χ0) is 7.23. The second-order valence-corrected chi connectivity index (χ2v) is 2.10. The maximum atomic E-state index is 8.41. The molecule has 0 atom stereocenters. The molecule has 0 aromatic carbocycles. The van der Waals surface area contributed by atoms with Gasteiger partial charge in [0.2, 0.25) is 0 Å². The van der Waals surface area contributed by atoms with Gasteiger partial charge in [-0.25, -0.2) is 0 Å². The van der Waals surface area contributed by atoms with E-state index in [-0.39, 0.29) is 6.61 Å². The van der Waals surface area contributed by atoms with Crippen LogP contribution in [0, 0.1) is 0 Å². The topological polar surface area (TPSA) is 41.9 Å². The molecule has 0 amide bonds. The Hall–Kier alpha value is -0.160. The molecule has 1 rings (SSSR count). The fourth-order valence-electron chi connectivity index (χ4n) is 0.846. The highest BCUT2D eigenvalue weighted by Crippen LogP contribution is 1.96. The zero-order valence-electron chi connectivity index (χ0n) is 5.95. The maximum Gasteiger partial charge on any atom is 0.0916 e. The first-order chi connectivity index (χ1) is 4.93. The van der Waals surface area contributed by atoms with Gasteiger partial charge in [0.05, 0.1) is 26.4 Å². The maximum absolute atomic E-state index is 8.41. The van der Waals surface area contributed by atoms with E-state index in [0.717, 1.165) is 26.3 Å². The van der Waals surface area contributed by atoms with Crippen LogP contribution in [-0.4, -0.2) is 49.7 Å². The van der Waals surface area contributed by atoms with E-state index in [0.29, 0.717) is 6.61 Å². The van der Waals surface area contributed by atoms with E-state index in [4.69, 9.17) is 14.7 Å². The minimum absolute atomic E-state index is 0.0807. The Balaban J connectivity index is 2.02. The Morgan fingerprint density at radius 1 is 1.40 bits per heavy atom. The van der Waals surface area contributed by atoms with Crippen molar-refractivity contribution in [2.75, 3.05) is 39.5 Å². The highest BCUT2D eigenvalue weighted by Gasteiger charge is 2.09. The molecule has 0 aromatic rings. The highest BCUT2D eigenvalue weighted by atomic mass is 16.7. The van der Waals surface area contributed by atoms with Gasteiger partial charge in [-0.05, 0) is 0 Å². The van der Waals surface area contributed by atoms with Gasteiger partial charge < -0.3 is 9.84 Å². The number of rotatable bonds is 3. The molecule has 1 saturated heterocycles. The molecule has 0 aromatic heterocycles. The van der Waals surface area contributed by atoms with Crippen LogP contribution in [-0.2, 0) is 9.57 Å². The molecule has 4 nitrogen and oxygen atoms in total. The summed E-state index contributed by atoms with van der Waals surface area (Å²) in [6, 6.07) is 0. The Morgan fingerprint density at radius 3 is 2.70 bits per heavy atom. The fraction of sp³-hybridized carbons (Fsp3) is 1.00.